The van der Waals surface area contributed by atoms with E-state index in [-0.39, 0.29) is 0 Å². The second-order valence-electron chi connectivity index (χ2n) is 5.86. The highest BCUT2D eigenvalue weighted by molar-refractivity contribution is 6.30. The first-order valence-corrected chi connectivity index (χ1v) is 7.80. The molecule has 0 N–H and O–H groups in total. The van der Waals surface area contributed by atoms with Gasteiger partial charge in [0.15, 0.2) is 0 Å². The quantitative estimate of drug-likeness (QED) is 0.810. The van der Waals surface area contributed by atoms with E-state index >= 15 is 0 Å². The van der Waals surface area contributed by atoms with Crippen LogP contribution in [-0.2, 0) is 0 Å². The van der Waals surface area contributed by atoms with Crippen LogP contribution in [0.1, 0.15) is 43.0 Å². The molecule has 1 unspecified atom stereocenters. The first-order chi connectivity index (χ1) is 10.7. The lowest BCUT2D eigenvalue weighted by Crippen LogP contribution is -2.27. The van der Waals surface area contributed by atoms with Crippen molar-refractivity contribution in [3.05, 3.63) is 53.7 Å². The largest absolute Gasteiger partial charge is 0.497 e. The van der Waals surface area contributed by atoms with Crippen molar-refractivity contribution in [1.82, 2.24) is 9.88 Å². The van der Waals surface area contributed by atoms with E-state index in [9.17, 15) is 0 Å². The molecule has 1 saturated heterocycles. The standard InChI is InChI=1S/C18H21BN2O/c1-13(14-5-7-16(22-2)8-6-14)21-11-3-4-17(21)15-9-10-20-18(19)12-15/h5-10,12-13,17H,3-4,11H2,1-2H3/t13?,17-/m0/s1. The first-order valence-electron chi connectivity index (χ1n) is 7.80. The Morgan fingerprint density at radius 1 is 1.27 bits per heavy atom. The first kappa shape index (κ1) is 15.1. The summed E-state index contributed by atoms with van der Waals surface area (Å²) < 4.78 is 5.24. The average molecular weight is 292 g/mol. The van der Waals surface area contributed by atoms with Crippen LogP contribution < -0.4 is 10.3 Å². The zero-order chi connectivity index (χ0) is 15.5. The third-order valence-electron chi connectivity index (χ3n) is 4.58. The average Bonchev–Trinajstić information content (AvgIpc) is 3.04. The molecular weight excluding hydrogens is 271 g/mol. The number of ether oxygens (including phenoxy) is 1. The molecule has 2 radical (unpaired) electrons. The fourth-order valence-electron chi connectivity index (χ4n) is 3.36. The maximum Gasteiger partial charge on any atom is 0.141 e. The number of nitrogens with zero attached hydrogens (tertiary/aromatic N) is 2. The third-order valence-corrected chi connectivity index (χ3v) is 4.58. The molecule has 0 amide bonds. The molecule has 22 heavy (non-hydrogen) atoms. The van der Waals surface area contributed by atoms with Crippen LogP contribution in [0.25, 0.3) is 0 Å². The van der Waals surface area contributed by atoms with Crippen LogP contribution in [0.3, 0.4) is 0 Å². The number of hydrogen-bond donors (Lipinski definition) is 0. The van der Waals surface area contributed by atoms with Gasteiger partial charge in [0.1, 0.15) is 13.6 Å². The highest BCUT2D eigenvalue weighted by atomic mass is 16.5. The van der Waals surface area contributed by atoms with Crippen LogP contribution in [0.2, 0.25) is 0 Å². The minimum Gasteiger partial charge on any atom is -0.497 e. The Kier molecular flexibility index (Phi) is 4.48. The molecule has 1 aromatic carbocycles. The van der Waals surface area contributed by atoms with Crippen LogP contribution in [0, 0.1) is 0 Å². The summed E-state index contributed by atoms with van der Waals surface area (Å²) >= 11 is 0. The van der Waals surface area contributed by atoms with Gasteiger partial charge >= 0.3 is 0 Å². The number of pyridine rings is 1. The Hall–Kier alpha value is -1.81. The van der Waals surface area contributed by atoms with E-state index in [1.54, 1.807) is 13.3 Å². The maximum absolute atomic E-state index is 5.85. The predicted molar refractivity (Wildman–Crippen MR) is 89.7 cm³/mol. The van der Waals surface area contributed by atoms with E-state index in [4.69, 9.17) is 12.6 Å². The van der Waals surface area contributed by atoms with Gasteiger partial charge in [0.25, 0.3) is 0 Å². The van der Waals surface area contributed by atoms with Gasteiger partial charge in [0.2, 0.25) is 0 Å². The summed E-state index contributed by atoms with van der Waals surface area (Å²) in [6.07, 6.45) is 4.19. The van der Waals surface area contributed by atoms with Crippen LogP contribution in [0.5, 0.6) is 5.75 Å². The Balaban J connectivity index is 1.82. The molecule has 2 heterocycles. The molecule has 4 heteroatoms. The minimum atomic E-state index is 0.368. The van der Waals surface area contributed by atoms with Crippen molar-refractivity contribution in [2.24, 2.45) is 0 Å². The molecule has 0 spiro atoms. The van der Waals surface area contributed by atoms with Crippen molar-refractivity contribution < 1.29 is 4.74 Å². The number of rotatable bonds is 4. The molecule has 1 aliphatic heterocycles. The van der Waals surface area contributed by atoms with Crippen LogP contribution >= 0.6 is 0 Å². The zero-order valence-electron chi connectivity index (χ0n) is 13.2. The van der Waals surface area contributed by atoms with E-state index in [1.165, 1.54) is 24.0 Å². The van der Waals surface area contributed by atoms with Gasteiger partial charge in [-0.2, -0.15) is 0 Å². The van der Waals surface area contributed by atoms with Crippen molar-refractivity contribution in [3.8, 4) is 5.75 Å². The minimum absolute atomic E-state index is 0.368. The van der Waals surface area contributed by atoms with Gasteiger partial charge in [-0.1, -0.05) is 12.1 Å². The van der Waals surface area contributed by atoms with Crippen molar-refractivity contribution in [2.45, 2.75) is 31.8 Å². The van der Waals surface area contributed by atoms with Gasteiger partial charge in [-0.25, -0.2) is 0 Å². The molecule has 2 atom stereocenters. The predicted octanol–water partition coefficient (Wildman–Crippen LogP) is 2.78. The fourth-order valence-corrected chi connectivity index (χ4v) is 3.36. The summed E-state index contributed by atoms with van der Waals surface area (Å²) in [4.78, 5) is 6.66. The van der Waals surface area contributed by atoms with E-state index in [0.29, 0.717) is 17.7 Å². The molecule has 2 aromatic rings. The second-order valence-corrected chi connectivity index (χ2v) is 5.86. The molecule has 0 saturated carbocycles. The lowest BCUT2D eigenvalue weighted by atomic mass is 9.96. The lowest BCUT2D eigenvalue weighted by molar-refractivity contribution is 0.194. The summed E-state index contributed by atoms with van der Waals surface area (Å²) in [5.41, 5.74) is 3.18. The SMILES string of the molecule is [B]c1cc([C@@H]2CCCN2C(C)c2ccc(OC)cc2)ccn1. The van der Waals surface area contributed by atoms with Crippen molar-refractivity contribution in [2.75, 3.05) is 13.7 Å². The smallest absolute Gasteiger partial charge is 0.141 e. The van der Waals surface area contributed by atoms with E-state index < -0.39 is 0 Å². The Morgan fingerprint density at radius 2 is 2.05 bits per heavy atom. The summed E-state index contributed by atoms with van der Waals surface area (Å²) in [5.74, 6) is 0.899. The van der Waals surface area contributed by atoms with Crippen molar-refractivity contribution in [3.63, 3.8) is 0 Å². The van der Waals surface area contributed by atoms with Gasteiger partial charge in [0, 0.05) is 18.3 Å². The molecule has 112 valence electrons. The monoisotopic (exact) mass is 292 g/mol. The summed E-state index contributed by atoms with van der Waals surface area (Å²) in [7, 11) is 7.54. The normalized spacial score (nSPS) is 20.0. The fraction of sp³-hybridized carbons (Fsp3) is 0.389. The highest BCUT2D eigenvalue weighted by Crippen LogP contribution is 2.38. The number of hydrogen-bond acceptors (Lipinski definition) is 3. The number of likely N-dealkylation sites (tertiary alicyclic amines) is 1. The molecule has 0 bridgehead atoms. The maximum atomic E-state index is 5.85. The molecule has 1 aliphatic rings. The second kappa shape index (κ2) is 6.53. The molecule has 1 fully saturated rings. The topological polar surface area (TPSA) is 25.4 Å². The Bertz CT molecular complexity index is 629. The van der Waals surface area contributed by atoms with Crippen LogP contribution in [0.4, 0.5) is 0 Å². The molecule has 0 aliphatic carbocycles. The highest BCUT2D eigenvalue weighted by Gasteiger charge is 2.30. The number of aromatic nitrogens is 1. The van der Waals surface area contributed by atoms with Crippen LogP contribution in [-0.4, -0.2) is 31.4 Å². The Morgan fingerprint density at radius 3 is 2.73 bits per heavy atom. The van der Waals surface area contributed by atoms with Gasteiger partial charge in [0.05, 0.1) is 7.11 Å². The molecule has 1 aromatic heterocycles. The molecule has 3 rings (SSSR count). The van der Waals surface area contributed by atoms with E-state index in [0.717, 1.165) is 12.3 Å². The van der Waals surface area contributed by atoms with E-state index in [2.05, 4.69) is 35.0 Å². The van der Waals surface area contributed by atoms with Gasteiger partial charge in [-0.15, -0.1) is 0 Å². The third kappa shape index (κ3) is 3.02. The number of benzene rings is 1. The van der Waals surface area contributed by atoms with Gasteiger partial charge in [-0.05, 0) is 67.3 Å². The molecule has 3 nitrogen and oxygen atoms in total. The summed E-state index contributed by atoms with van der Waals surface area (Å²) in [6.45, 7) is 3.38. The lowest BCUT2D eigenvalue weighted by Gasteiger charge is -2.31. The van der Waals surface area contributed by atoms with Crippen molar-refractivity contribution >= 4 is 13.4 Å². The Labute approximate surface area is 133 Å². The summed E-state index contributed by atoms with van der Waals surface area (Å²) in [5, 5.41) is 0. The van der Waals surface area contributed by atoms with Crippen molar-refractivity contribution in [1.29, 1.82) is 0 Å². The zero-order valence-corrected chi connectivity index (χ0v) is 13.2. The number of methoxy groups -OCH3 is 1. The van der Waals surface area contributed by atoms with E-state index in [1.807, 2.05) is 18.2 Å². The molecular formula is C18H21BN2O. The van der Waals surface area contributed by atoms with Gasteiger partial charge in [-0.3, -0.25) is 9.88 Å². The summed E-state index contributed by atoms with van der Waals surface area (Å²) in [6, 6.07) is 13.2. The van der Waals surface area contributed by atoms with Gasteiger partial charge < -0.3 is 4.74 Å². The van der Waals surface area contributed by atoms with Crippen LogP contribution in [0.15, 0.2) is 42.6 Å².